The molecule has 0 amide bonds. The Morgan fingerprint density at radius 3 is 2.04 bits per heavy atom. The lowest BCUT2D eigenvalue weighted by Gasteiger charge is -2.23. The number of rotatable bonds is 7. The summed E-state index contributed by atoms with van der Waals surface area (Å²) >= 11 is 0. The molecule has 0 bridgehead atoms. The highest BCUT2D eigenvalue weighted by Gasteiger charge is 2.27. The van der Waals surface area contributed by atoms with E-state index in [-0.39, 0.29) is 12.4 Å². The third-order valence-electron chi connectivity index (χ3n) is 3.11. The monoisotopic (exact) mass is 344 g/mol. The summed E-state index contributed by atoms with van der Waals surface area (Å²) in [6, 6.07) is 0. The molecule has 0 radical (unpaired) electrons. The van der Waals surface area contributed by atoms with Gasteiger partial charge in [-0.25, -0.2) is 19.2 Å². The Labute approximate surface area is 140 Å². The van der Waals surface area contributed by atoms with Crippen molar-refractivity contribution in [2.24, 2.45) is 0 Å². The van der Waals surface area contributed by atoms with E-state index in [9.17, 15) is 19.2 Å². The van der Waals surface area contributed by atoms with Crippen LogP contribution < -0.4 is 0 Å². The molecule has 0 saturated heterocycles. The van der Waals surface area contributed by atoms with Crippen LogP contribution in [0.4, 0.5) is 0 Å². The molecule has 0 saturated carbocycles. The maximum Gasteiger partial charge on any atom is 0.422 e. The van der Waals surface area contributed by atoms with Crippen molar-refractivity contribution in [1.82, 2.24) is 0 Å². The number of carboxylic acids is 1. The standard InChI is InChI=1S/C16H24O8/c1-6-8-16(4,5)24-15(21)14(20)22-9-11(7-2)10(3)23-13(19)12(17)18/h6-9H2,1-5H3,(H,17,18)/b11-10-. The summed E-state index contributed by atoms with van der Waals surface area (Å²) in [5.41, 5.74) is -0.403. The molecular formula is C16H24O8. The molecule has 8 heteroatoms. The number of hydrogen-bond donors (Lipinski definition) is 1. The Kier molecular flexibility index (Phi) is 8.73. The molecule has 0 unspecified atom stereocenters. The summed E-state index contributed by atoms with van der Waals surface area (Å²) in [6.07, 6.45) is 1.71. The second-order valence-corrected chi connectivity index (χ2v) is 5.68. The molecule has 0 heterocycles. The minimum Gasteiger partial charge on any atom is -0.473 e. The van der Waals surface area contributed by atoms with E-state index in [2.05, 4.69) is 4.74 Å². The molecule has 0 aliphatic heterocycles. The summed E-state index contributed by atoms with van der Waals surface area (Å²) in [5.74, 6) is -5.43. The van der Waals surface area contributed by atoms with E-state index in [4.69, 9.17) is 14.6 Å². The van der Waals surface area contributed by atoms with Gasteiger partial charge in [-0.05, 0) is 33.6 Å². The first-order valence-electron chi connectivity index (χ1n) is 7.57. The first kappa shape index (κ1) is 21.6. The third kappa shape index (κ3) is 7.75. The van der Waals surface area contributed by atoms with Gasteiger partial charge in [0.2, 0.25) is 0 Å². The van der Waals surface area contributed by atoms with Crippen molar-refractivity contribution in [1.29, 1.82) is 0 Å². The number of carbonyl (C=O) groups is 4. The Hall–Kier alpha value is -2.38. The molecule has 136 valence electrons. The van der Waals surface area contributed by atoms with E-state index in [0.29, 0.717) is 18.4 Å². The quantitative estimate of drug-likeness (QED) is 0.322. The van der Waals surface area contributed by atoms with E-state index < -0.39 is 29.5 Å². The van der Waals surface area contributed by atoms with Crippen LogP contribution in [0.2, 0.25) is 0 Å². The lowest BCUT2D eigenvalue weighted by atomic mass is 10.0. The van der Waals surface area contributed by atoms with E-state index in [1.807, 2.05) is 6.92 Å². The zero-order valence-electron chi connectivity index (χ0n) is 14.6. The normalized spacial score (nSPS) is 12.0. The van der Waals surface area contributed by atoms with Gasteiger partial charge in [0.25, 0.3) is 0 Å². The van der Waals surface area contributed by atoms with Crippen molar-refractivity contribution in [2.45, 2.75) is 59.5 Å². The summed E-state index contributed by atoms with van der Waals surface area (Å²) in [5, 5.41) is 8.48. The van der Waals surface area contributed by atoms with Gasteiger partial charge in [-0.15, -0.1) is 0 Å². The van der Waals surface area contributed by atoms with Crippen molar-refractivity contribution >= 4 is 23.9 Å². The van der Waals surface area contributed by atoms with Crippen LogP contribution >= 0.6 is 0 Å². The maximum absolute atomic E-state index is 11.7. The highest BCUT2D eigenvalue weighted by atomic mass is 16.6. The van der Waals surface area contributed by atoms with Crippen molar-refractivity contribution in [2.75, 3.05) is 6.61 Å². The van der Waals surface area contributed by atoms with Crippen LogP contribution in [0, 0.1) is 0 Å². The van der Waals surface area contributed by atoms with E-state index in [0.717, 1.165) is 6.42 Å². The van der Waals surface area contributed by atoms with Gasteiger partial charge in [-0.3, -0.25) is 0 Å². The summed E-state index contributed by atoms with van der Waals surface area (Å²) in [7, 11) is 0. The van der Waals surface area contributed by atoms with Crippen molar-refractivity contribution in [3.8, 4) is 0 Å². The number of ether oxygens (including phenoxy) is 3. The summed E-state index contributed by atoms with van der Waals surface area (Å²) in [4.78, 5) is 44.8. The van der Waals surface area contributed by atoms with E-state index >= 15 is 0 Å². The van der Waals surface area contributed by atoms with E-state index in [1.54, 1.807) is 20.8 Å². The molecule has 0 fully saturated rings. The predicted octanol–water partition coefficient (Wildman–Crippen LogP) is 1.96. The van der Waals surface area contributed by atoms with Gasteiger partial charge in [0.1, 0.15) is 18.0 Å². The van der Waals surface area contributed by atoms with Gasteiger partial charge >= 0.3 is 23.9 Å². The Morgan fingerprint density at radius 2 is 1.58 bits per heavy atom. The molecule has 8 nitrogen and oxygen atoms in total. The van der Waals surface area contributed by atoms with Gasteiger partial charge in [-0.2, -0.15) is 0 Å². The van der Waals surface area contributed by atoms with Crippen LogP contribution in [0.3, 0.4) is 0 Å². The van der Waals surface area contributed by atoms with Crippen molar-refractivity contribution in [3.05, 3.63) is 11.3 Å². The molecule has 0 aromatic carbocycles. The van der Waals surface area contributed by atoms with Crippen LogP contribution in [-0.2, 0) is 33.4 Å². The smallest absolute Gasteiger partial charge is 0.422 e. The lowest BCUT2D eigenvalue weighted by Crippen LogP contribution is -2.33. The maximum atomic E-state index is 11.7. The second kappa shape index (κ2) is 9.69. The number of hydrogen-bond acceptors (Lipinski definition) is 7. The molecule has 0 atom stereocenters. The minimum absolute atomic E-state index is 0.0115. The van der Waals surface area contributed by atoms with Gasteiger partial charge < -0.3 is 19.3 Å². The molecule has 0 aliphatic carbocycles. The number of allylic oxidation sites excluding steroid dienone is 1. The minimum atomic E-state index is -1.73. The molecule has 1 N–H and O–H groups in total. The van der Waals surface area contributed by atoms with Crippen LogP contribution in [0.25, 0.3) is 0 Å². The fourth-order valence-electron chi connectivity index (χ4n) is 1.86. The first-order chi connectivity index (χ1) is 11.0. The van der Waals surface area contributed by atoms with Crippen LogP contribution in [0.1, 0.15) is 53.9 Å². The van der Waals surface area contributed by atoms with Crippen molar-refractivity contribution in [3.63, 3.8) is 0 Å². The Balaban J connectivity index is 4.72. The third-order valence-corrected chi connectivity index (χ3v) is 3.11. The molecule has 0 aromatic heterocycles. The molecule has 0 aromatic rings. The fraction of sp³-hybridized carbons (Fsp3) is 0.625. The van der Waals surface area contributed by atoms with Crippen molar-refractivity contribution < 1.29 is 38.5 Å². The van der Waals surface area contributed by atoms with Crippen LogP contribution in [0.5, 0.6) is 0 Å². The van der Waals surface area contributed by atoms with Crippen LogP contribution in [-0.4, -0.2) is 41.2 Å². The first-order valence-corrected chi connectivity index (χ1v) is 7.57. The molecule has 0 spiro atoms. The van der Waals surface area contributed by atoms with Gasteiger partial charge in [-0.1, -0.05) is 20.3 Å². The van der Waals surface area contributed by atoms with Crippen LogP contribution in [0.15, 0.2) is 11.3 Å². The average molecular weight is 344 g/mol. The highest BCUT2D eigenvalue weighted by molar-refractivity contribution is 6.30. The van der Waals surface area contributed by atoms with Gasteiger partial charge in [0, 0.05) is 5.57 Å². The van der Waals surface area contributed by atoms with E-state index in [1.165, 1.54) is 6.92 Å². The van der Waals surface area contributed by atoms with Gasteiger partial charge in [0.05, 0.1) is 0 Å². The number of carboxylic acid groups (broad SMARTS) is 1. The molecule has 24 heavy (non-hydrogen) atoms. The average Bonchev–Trinajstić information content (AvgIpc) is 2.46. The number of aliphatic carboxylic acids is 1. The second-order valence-electron chi connectivity index (χ2n) is 5.68. The molecule has 0 rings (SSSR count). The highest BCUT2D eigenvalue weighted by Crippen LogP contribution is 2.17. The Bertz CT molecular complexity index is 530. The fourth-order valence-corrected chi connectivity index (χ4v) is 1.86. The van der Waals surface area contributed by atoms with Gasteiger partial charge in [0.15, 0.2) is 0 Å². The SMILES string of the molecule is CCCC(C)(C)OC(=O)C(=O)OC/C(CC)=C(/C)OC(=O)C(=O)O. The Morgan fingerprint density at radius 1 is 1.00 bits per heavy atom. The largest absolute Gasteiger partial charge is 0.473 e. The zero-order chi connectivity index (χ0) is 18.9. The molecular weight excluding hydrogens is 320 g/mol. The lowest BCUT2D eigenvalue weighted by molar-refractivity contribution is -0.175. The predicted molar refractivity (Wildman–Crippen MR) is 82.8 cm³/mol. The molecule has 0 aliphatic rings. The summed E-state index contributed by atoms with van der Waals surface area (Å²) in [6.45, 7) is 8.06. The topological polar surface area (TPSA) is 116 Å². The number of esters is 3. The zero-order valence-corrected chi connectivity index (χ0v) is 14.6. The number of carbonyl (C=O) groups excluding carboxylic acids is 3. The summed E-state index contributed by atoms with van der Waals surface area (Å²) < 4.78 is 14.5.